The Morgan fingerprint density at radius 2 is 1.69 bits per heavy atom. The van der Waals surface area contributed by atoms with Crippen LogP contribution in [0.3, 0.4) is 0 Å². The maximum absolute atomic E-state index is 14.5. The van der Waals surface area contributed by atoms with Gasteiger partial charge in [-0.15, -0.1) is 0 Å². The smallest absolute Gasteiger partial charge is 0.355 e. The Bertz CT molecular complexity index is 639. The van der Waals surface area contributed by atoms with Crippen LogP contribution < -0.4 is 0 Å². The lowest BCUT2D eigenvalue weighted by atomic mass is 9.64. The van der Waals surface area contributed by atoms with E-state index in [0.717, 1.165) is 32.4 Å². The number of carbonyl (C=O) groups is 2. The average Bonchev–Trinajstić information content (AvgIpc) is 2.61. The Balaban J connectivity index is 2.26. The van der Waals surface area contributed by atoms with E-state index >= 15 is 0 Å². The molecule has 144 valence electrons. The number of esters is 2. The first-order valence-corrected chi connectivity index (χ1v) is 9.14. The highest BCUT2D eigenvalue weighted by Gasteiger charge is 2.48. The Morgan fingerprint density at radius 3 is 2.27 bits per heavy atom. The number of rotatable bonds is 5. The van der Waals surface area contributed by atoms with Crippen LogP contribution in [0.15, 0.2) is 30.3 Å². The SMILES string of the molecule is COC(=O)[C@@](C)(F)C(=O)O[C@@H]1C[C@H](C)CC[C@H]1C(C)(C)c1ccccc1. The van der Waals surface area contributed by atoms with Gasteiger partial charge < -0.3 is 9.47 Å². The lowest BCUT2D eigenvalue weighted by Gasteiger charge is -2.44. The van der Waals surface area contributed by atoms with Crippen LogP contribution in [-0.4, -0.2) is 30.8 Å². The van der Waals surface area contributed by atoms with E-state index in [0.29, 0.717) is 12.3 Å². The number of benzene rings is 1. The van der Waals surface area contributed by atoms with Crippen molar-refractivity contribution in [3.8, 4) is 0 Å². The fraction of sp³-hybridized carbons (Fsp3) is 0.619. The second-order valence-corrected chi connectivity index (χ2v) is 8.05. The second kappa shape index (κ2) is 7.77. The molecule has 0 saturated heterocycles. The fourth-order valence-electron chi connectivity index (χ4n) is 3.89. The van der Waals surface area contributed by atoms with Gasteiger partial charge in [-0.2, -0.15) is 0 Å². The molecule has 4 atom stereocenters. The first-order chi connectivity index (χ1) is 12.1. The van der Waals surface area contributed by atoms with Gasteiger partial charge in [0.1, 0.15) is 6.10 Å². The van der Waals surface area contributed by atoms with Crippen LogP contribution in [0.2, 0.25) is 0 Å². The van der Waals surface area contributed by atoms with Gasteiger partial charge in [-0.3, -0.25) is 0 Å². The molecule has 2 rings (SSSR count). The van der Waals surface area contributed by atoms with Crippen LogP contribution in [0, 0.1) is 11.8 Å². The van der Waals surface area contributed by atoms with Gasteiger partial charge in [0.15, 0.2) is 0 Å². The molecule has 1 aliphatic rings. The van der Waals surface area contributed by atoms with Gasteiger partial charge >= 0.3 is 11.9 Å². The van der Waals surface area contributed by atoms with Gasteiger partial charge in [-0.25, -0.2) is 14.0 Å². The Labute approximate surface area is 155 Å². The van der Waals surface area contributed by atoms with Crippen molar-refractivity contribution in [3.05, 3.63) is 35.9 Å². The van der Waals surface area contributed by atoms with Gasteiger partial charge in [0, 0.05) is 5.92 Å². The van der Waals surface area contributed by atoms with Crippen LogP contribution >= 0.6 is 0 Å². The number of carbonyl (C=O) groups excluding carboxylic acids is 2. The molecule has 0 aliphatic heterocycles. The van der Waals surface area contributed by atoms with Crippen LogP contribution in [0.5, 0.6) is 0 Å². The van der Waals surface area contributed by atoms with Crippen molar-refractivity contribution in [2.24, 2.45) is 11.8 Å². The zero-order valence-corrected chi connectivity index (χ0v) is 16.3. The zero-order chi connectivity index (χ0) is 19.5. The average molecular weight is 364 g/mol. The highest BCUT2D eigenvalue weighted by molar-refractivity contribution is 6.02. The Hall–Kier alpha value is -1.91. The van der Waals surface area contributed by atoms with Gasteiger partial charge in [-0.1, -0.05) is 57.5 Å². The Kier molecular flexibility index (Phi) is 6.09. The van der Waals surface area contributed by atoms with E-state index in [2.05, 4.69) is 37.6 Å². The third-order valence-corrected chi connectivity index (χ3v) is 5.71. The van der Waals surface area contributed by atoms with Crippen molar-refractivity contribution in [1.82, 2.24) is 0 Å². The van der Waals surface area contributed by atoms with Crippen molar-refractivity contribution in [2.45, 2.75) is 64.1 Å². The van der Waals surface area contributed by atoms with E-state index in [1.165, 1.54) is 0 Å². The minimum absolute atomic E-state index is 0.0403. The number of hydrogen-bond donors (Lipinski definition) is 0. The molecule has 0 N–H and O–H groups in total. The van der Waals surface area contributed by atoms with Crippen molar-refractivity contribution in [3.63, 3.8) is 0 Å². The molecule has 4 nitrogen and oxygen atoms in total. The molecule has 1 fully saturated rings. The maximum Gasteiger partial charge on any atom is 0.355 e. The van der Waals surface area contributed by atoms with E-state index in [1.807, 2.05) is 18.2 Å². The van der Waals surface area contributed by atoms with E-state index in [-0.39, 0.29) is 11.3 Å². The molecule has 0 unspecified atom stereocenters. The van der Waals surface area contributed by atoms with Gasteiger partial charge in [0.25, 0.3) is 5.67 Å². The molecule has 1 aromatic rings. The lowest BCUT2D eigenvalue weighted by molar-refractivity contribution is -0.179. The number of alkyl halides is 1. The van der Waals surface area contributed by atoms with Crippen molar-refractivity contribution >= 4 is 11.9 Å². The first-order valence-electron chi connectivity index (χ1n) is 9.14. The third kappa shape index (κ3) is 4.08. The molecule has 5 heteroatoms. The summed E-state index contributed by atoms with van der Waals surface area (Å²) in [5.41, 5.74) is -1.89. The van der Waals surface area contributed by atoms with E-state index < -0.39 is 23.7 Å². The topological polar surface area (TPSA) is 52.6 Å². The van der Waals surface area contributed by atoms with Gasteiger partial charge in [0.2, 0.25) is 0 Å². The van der Waals surface area contributed by atoms with Crippen molar-refractivity contribution in [2.75, 3.05) is 7.11 Å². The number of halogens is 1. The van der Waals surface area contributed by atoms with Crippen LogP contribution in [-0.2, 0) is 24.5 Å². The zero-order valence-electron chi connectivity index (χ0n) is 16.3. The highest BCUT2D eigenvalue weighted by Crippen LogP contribution is 2.44. The van der Waals surface area contributed by atoms with Crippen molar-refractivity contribution in [1.29, 1.82) is 0 Å². The minimum atomic E-state index is -2.79. The van der Waals surface area contributed by atoms with Crippen LogP contribution in [0.1, 0.15) is 52.5 Å². The lowest BCUT2D eigenvalue weighted by Crippen LogP contribution is -2.48. The van der Waals surface area contributed by atoms with E-state index in [4.69, 9.17) is 4.74 Å². The summed E-state index contributed by atoms with van der Waals surface area (Å²) in [6, 6.07) is 10.1. The summed E-state index contributed by atoms with van der Waals surface area (Å²) in [5, 5.41) is 0. The number of methoxy groups -OCH3 is 1. The summed E-state index contributed by atoms with van der Waals surface area (Å²) in [5.74, 6) is -1.99. The molecule has 0 amide bonds. The monoisotopic (exact) mass is 364 g/mol. The van der Waals surface area contributed by atoms with Crippen LogP contribution in [0.4, 0.5) is 4.39 Å². The fourth-order valence-corrected chi connectivity index (χ4v) is 3.89. The predicted octanol–water partition coefficient (Wildman–Crippen LogP) is 4.21. The van der Waals surface area contributed by atoms with E-state index in [1.54, 1.807) is 0 Å². The molecule has 26 heavy (non-hydrogen) atoms. The summed E-state index contributed by atoms with van der Waals surface area (Å²) < 4.78 is 24.5. The molecule has 0 radical (unpaired) electrons. The molecule has 1 saturated carbocycles. The third-order valence-electron chi connectivity index (χ3n) is 5.71. The maximum atomic E-state index is 14.5. The molecule has 1 aromatic carbocycles. The summed E-state index contributed by atoms with van der Waals surface area (Å²) in [4.78, 5) is 23.9. The first kappa shape index (κ1) is 20.4. The highest BCUT2D eigenvalue weighted by atomic mass is 19.1. The van der Waals surface area contributed by atoms with Gasteiger partial charge in [-0.05, 0) is 36.7 Å². The number of hydrogen-bond acceptors (Lipinski definition) is 4. The molecular formula is C21H29FO4. The molecule has 0 heterocycles. The summed E-state index contributed by atoms with van der Waals surface area (Å²) in [6.45, 7) is 7.24. The standard InChI is InChI=1S/C21H29FO4/c1-14-11-12-16(20(2,3)15-9-7-6-8-10-15)17(13-14)26-19(24)21(4,22)18(23)25-5/h6-10,14,16-17H,11-13H2,1-5H3/t14-,16-,17-,21-/m1/s1. The van der Waals surface area contributed by atoms with E-state index in [9.17, 15) is 14.0 Å². The largest absolute Gasteiger partial charge is 0.466 e. The minimum Gasteiger partial charge on any atom is -0.466 e. The quantitative estimate of drug-likeness (QED) is 0.580. The number of ether oxygens (including phenoxy) is 2. The predicted molar refractivity (Wildman–Crippen MR) is 97.4 cm³/mol. The molecule has 1 aliphatic carbocycles. The molecule has 0 bridgehead atoms. The molecule has 0 spiro atoms. The summed E-state index contributed by atoms with van der Waals surface area (Å²) >= 11 is 0. The molecular weight excluding hydrogens is 335 g/mol. The van der Waals surface area contributed by atoms with Crippen LogP contribution in [0.25, 0.3) is 0 Å². The molecule has 0 aromatic heterocycles. The van der Waals surface area contributed by atoms with Crippen molar-refractivity contribution < 1.29 is 23.5 Å². The summed E-state index contributed by atoms with van der Waals surface area (Å²) in [7, 11) is 1.05. The second-order valence-electron chi connectivity index (χ2n) is 8.05. The normalized spacial score (nSPS) is 25.8. The summed E-state index contributed by atoms with van der Waals surface area (Å²) in [6.07, 6.45) is 2.12. The van der Waals surface area contributed by atoms with Gasteiger partial charge in [0.05, 0.1) is 7.11 Å². The Morgan fingerprint density at radius 1 is 1.08 bits per heavy atom.